The van der Waals surface area contributed by atoms with Crippen molar-refractivity contribution in [2.75, 3.05) is 5.32 Å². The maximum absolute atomic E-state index is 12.6. The van der Waals surface area contributed by atoms with Crippen molar-refractivity contribution in [1.82, 2.24) is 9.78 Å². The molecule has 1 aromatic heterocycles. The molecule has 6 heteroatoms. The van der Waals surface area contributed by atoms with Crippen LogP contribution in [0.25, 0.3) is 0 Å². The first kappa shape index (κ1) is 17.8. The highest BCUT2D eigenvalue weighted by Gasteiger charge is 2.24. The Bertz CT molecular complexity index is 975. The van der Waals surface area contributed by atoms with Crippen molar-refractivity contribution < 1.29 is 9.53 Å². The van der Waals surface area contributed by atoms with E-state index in [9.17, 15) is 4.79 Å². The zero-order valence-electron chi connectivity index (χ0n) is 15.2. The molecule has 1 aliphatic heterocycles. The third-order valence-corrected chi connectivity index (χ3v) is 4.84. The summed E-state index contributed by atoms with van der Waals surface area (Å²) >= 11 is 5.95. The minimum Gasteiger partial charge on any atom is -0.365 e. The Kier molecular flexibility index (Phi) is 4.72. The van der Waals surface area contributed by atoms with E-state index in [1.807, 2.05) is 54.9 Å². The Morgan fingerprint density at radius 3 is 2.56 bits per heavy atom. The van der Waals surface area contributed by atoms with Crippen molar-refractivity contribution in [3.63, 3.8) is 0 Å². The van der Waals surface area contributed by atoms with E-state index in [-0.39, 0.29) is 12.0 Å². The summed E-state index contributed by atoms with van der Waals surface area (Å²) < 4.78 is 7.78. The normalized spacial score (nSPS) is 16.0. The molecule has 0 aliphatic carbocycles. The number of nitrogens with zero attached hydrogens (tertiary/aromatic N) is 2. The standard InChI is InChI=1S/C21H20ClN3O2/c1-13-7-14(2)9-17(8-13)23-21(26)19-10-18-12-27-20(11-25(18)24-19)15-3-5-16(22)6-4-15/h3-10,20H,11-12H2,1-2H3,(H,23,26). The highest BCUT2D eigenvalue weighted by atomic mass is 35.5. The molecule has 138 valence electrons. The lowest BCUT2D eigenvalue weighted by Crippen LogP contribution is -2.22. The van der Waals surface area contributed by atoms with Crippen molar-refractivity contribution in [3.8, 4) is 0 Å². The van der Waals surface area contributed by atoms with Crippen LogP contribution in [0.3, 0.4) is 0 Å². The molecule has 4 rings (SSSR count). The second kappa shape index (κ2) is 7.18. The van der Waals surface area contributed by atoms with Crippen LogP contribution in [-0.4, -0.2) is 15.7 Å². The summed E-state index contributed by atoms with van der Waals surface area (Å²) in [4.78, 5) is 12.6. The summed E-state index contributed by atoms with van der Waals surface area (Å²) in [5.41, 5.74) is 5.32. The number of ether oxygens (including phenoxy) is 1. The van der Waals surface area contributed by atoms with E-state index in [0.717, 1.165) is 28.1 Å². The number of nitrogens with one attached hydrogen (secondary N) is 1. The van der Waals surface area contributed by atoms with Crippen LogP contribution in [-0.2, 0) is 17.9 Å². The highest BCUT2D eigenvalue weighted by molar-refractivity contribution is 6.30. The number of hydrogen-bond acceptors (Lipinski definition) is 3. The van der Waals surface area contributed by atoms with Gasteiger partial charge in [0.05, 0.1) is 18.8 Å². The molecule has 3 aromatic rings. The largest absolute Gasteiger partial charge is 0.365 e. The summed E-state index contributed by atoms with van der Waals surface area (Å²) in [7, 11) is 0. The van der Waals surface area contributed by atoms with Gasteiger partial charge in [0.2, 0.25) is 0 Å². The molecule has 1 unspecified atom stereocenters. The number of amides is 1. The van der Waals surface area contributed by atoms with Crippen LogP contribution in [0, 0.1) is 13.8 Å². The van der Waals surface area contributed by atoms with E-state index in [1.54, 1.807) is 6.07 Å². The third kappa shape index (κ3) is 3.89. The Hall–Kier alpha value is -2.63. The van der Waals surface area contributed by atoms with Crippen molar-refractivity contribution in [2.24, 2.45) is 0 Å². The second-order valence-corrected chi connectivity index (χ2v) is 7.32. The van der Waals surface area contributed by atoms with Gasteiger partial charge >= 0.3 is 0 Å². The van der Waals surface area contributed by atoms with E-state index in [4.69, 9.17) is 16.3 Å². The number of anilines is 1. The number of carbonyl (C=O) groups is 1. The van der Waals surface area contributed by atoms with E-state index in [0.29, 0.717) is 23.9 Å². The molecule has 5 nitrogen and oxygen atoms in total. The number of aromatic nitrogens is 2. The smallest absolute Gasteiger partial charge is 0.276 e. The predicted molar refractivity (Wildman–Crippen MR) is 105 cm³/mol. The lowest BCUT2D eigenvalue weighted by Gasteiger charge is -2.24. The molecule has 0 radical (unpaired) electrons. The van der Waals surface area contributed by atoms with Gasteiger partial charge in [-0.15, -0.1) is 0 Å². The van der Waals surface area contributed by atoms with Gasteiger partial charge < -0.3 is 10.1 Å². The van der Waals surface area contributed by atoms with Crippen LogP contribution in [0.1, 0.15) is 39.0 Å². The highest BCUT2D eigenvalue weighted by Crippen LogP contribution is 2.27. The molecule has 0 saturated carbocycles. The van der Waals surface area contributed by atoms with Gasteiger partial charge in [-0.25, -0.2) is 0 Å². The van der Waals surface area contributed by atoms with Gasteiger partial charge in [-0.3, -0.25) is 9.48 Å². The number of benzene rings is 2. The van der Waals surface area contributed by atoms with Crippen molar-refractivity contribution >= 4 is 23.2 Å². The zero-order valence-corrected chi connectivity index (χ0v) is 16.0. The summed E-state index contributed by atoms with van der Waals surface area (Å²) in [5, 5.41) is 8.11. The van der Waals surface area contributed by atoms with Gasteiger partial charge in [-0.1, -0.05) is 29.8 Å². The quantitative estimate of drug-likeness (QED) is 0.716. The lowest BCUT2D eigenvalue weighted by molar-refractivity contribution is -0.00118. The van der Waals surface area contributed by atoms with E-state index < -0.39 is 0 Å². The Morgan fingerprint density at radius 2 is 1.85 bits per heavy atom. The minimum absolute atomic E-state index is 0.106. The molecule has 1 atom stereocenters. The van der Waals surface area contributed by atoms with Gasteiger partial charge in [0, 0.05) is 10.7 Å². The summed E-state index contributed by atoms with van der Waals surface area (Å²) in [5.74, 6) is -0.218. The van der Waals surface area contributed by atoms with Crippen molar-refractivity contribution in [1.29, 1.82) is 0 Å². The molecule has 1 N–H and O–H groups in total. The van der Waals surface area contributed by atoms with E-state index in [1.165, 1.54) is 0 Å². The van der Waals surface area contributed by atoms with Gasteiger partial charge in [-0.05, 0) is 60.9 Å². The Labute approximate surface area is 162 Å². The van der Waals surface area contributed by atoms with Gasteiger partial charge in [0.1, 0.15) is 6.10 Å². The summed E-state index contributed by atoms with van der Waals surface area (Å²) in [6.45, 7) is 4.99. The number of fused-ring (bicyclic) bond motifs is 1. The number of carbonyl (C=O) groups excluding carboxylic acids is 1. The summed E-state index contributed by atoms with van der Waals surface area (Å²) in [6, 6.07) is 15.4. The molecule has 2 aromatic carbocycles. The minimum atomic E-state index is -0.218. The maximum atomic E-state index is 12.6. The van der Waals surface area contributed by atoms with Crippen molar-refractivity contribution in [2.45, 2.75) is 33.1 Å². The number of halogens is 1. The SMILES string of the molecule is Cc1cc(C)cc(NC(=O)c2cc3n(n2)CC(c2ccc(Cl)cc2)OC3)c1. The molecule has 1 aliphatic rings. The van der Waals surface area contributed by atoms with Crippen LogP contribution in [0.5, 0.6) is 0 Å². The molecular formula is C21H20ClN3O2. The number of aryl methyl sites for hydroxylation is 2. The fourth-order valence-corrected chi connectivity index (χ4v) is 3.48. The van der Waals surface area contributed by atoms with Crippen LogP contribution in [0.4, 0.5) is 5.69 Å². The molecule has 0 fully saturated rings. The third-order valence-electron chi connectivity index (χ3n) is 4.59. The fourth-order valence-electron chi connectivity index (χ4n) is 3.36. The van der Waals surface area contributed by atoms with Gasteiger partial charge in [0.15, 0.2) is 5.69 Å². The fraction of sp³-hybridized carbons (Fsp3) is 0.238. The van der Waals surface area contributed by atoms with Crippen LogP contribution >= 0.6 is 11.6 Å². The first-order valence-electron chi connectivity index (χ1n) is 8.81. The van der Waals surface area contributed by atoms with E-state index >= 15 is 0 Å². The average Bonchev–Trinajstić information content (AvgIpc) is 3.05. The first-order chi connectivity index (χ1) is 13.0. The molecule has 2 heterocycles. The molecule has 1 amide bonds. The Morgan fingerprint density at radius 1 is 1.15 bits per heavy atom. The van der Waals surface area contributed by atoms with E-state index in [2.05, 4.69) is 16.5 Å². The van der Waals surface area contributed by atoms with Gasteiger partial charge in [-0.2, -0.15) is 5.10 Å². The predicted octanol–water partition coefficient (Wildman–Crippen LogP) is 4.68. The number of rotatable bonds is 3. The monoisotopic (exact) mass is 381 g/mol. The molecule has 0 bridgehead atoms. The van der Waals surface area contributed by atoms with Crippen molar-refractivity contribution in [3.05, 3.63) is 81.6 Å². The lowest BCUT2D eigenvalue weighted by atomic mass is 10.1. The Balaban J connectivity index is 1.50. The zero-order chi connectivity index (χ0) is 19.0. The maximum Gasteiger partial charge on any atom is 0.276 e. The van der Waals surface area contributed by atoms with Crippen LogP contribution < -0.4 is 5.32 Å². The second-order valence-electron chi connectivity index (χ2n) is 6.88. The number of hydrogen-bond donors (Lipinski definition) is 1. The molecule has 0 saturated heterocycles. The molecule has 0 spiro atoms. The molecular weight excluding hydrogens is 362 g/mol. The first-order valence-corrected chi connectivity index (χ1v) is 9.19. The van der Waals surface area contributed by atoms with Crippen LogP contribution in [0.2, 0.25) is 5.02 Å². The summed E-state index contributed by atoms with van der Waals surface area (Å²) in [6.07, 6.45) is -0.106. The average molecular weight is 382 g/mol. The molecule has 27 heavy (non-hydrogen) atoms. The van der Waals surface area contributed by atoms with Gasteiger partial charge in [0.25, 0.3) is 5.91 Å². The topological polar surface area (TPSA) is 56.2 Å². The van der Waals surface area contributed by atoms with Crippen LogP contribution in [0.15, 0.2) is 48.5 Å².